The summed E-state index contributed by atoms with van der Waals surface area (Å²) in [5.74, 6) is 1.11. The van der Waals surface area contributed by atoms with Gasteiger partial charge in [-0.1, -0.05) is 18.2 Å². The molecule has 1 aliphatic rings. The van der Waals surface area contributed by atoms with E-state index in [-0.39, 0.29) is 0 Å². The zero-order chi connectivity index (χ0) is 11.8. The molecule has 0 saturated carbocycles. The van der Waals surface area contributed by atoms with E-state index in [4.69, 9.17) is 0 Å². The van der Waals surface area contributed by atoms with Crippen molar-refractivity contribution < 1.29 is 4.79 Å². The van der Waals surface area contributed by atoms with Gasteiger partial charge < -0.3 is 9.47 Å². The van der Waals surface area contributed by atoms with Crippen LogP contribution in [0.3, 0.4) is 0 Å². The van der Waals surface area contributed by atoms with Gasteiger partial charge in [-0.3, -0.25) is 4.79 Å². The minimum absolute atomic E-state index is 0.849. The Balaban J connectivity index is 2.37. The first kappa shape index (κ1) is 10.4. The minimum Gasteiger partial charge on any atom is -0.358 e. The van der Waals surface area contributed by atoms with Crippen molar-refractivity contribution in [3.05, 3.63) is 29.8 Å². The second kappa shape index (κ2) is 3.91. The summed E-state index contributed by atoms with van der Waals surface area (Å²) in [6.07, 6.45) is 2.15. The van der Waals surface area contributed by atoms with Gasteiger partial charge in [0, 0.05) is 25.0 Å². The molecule has 1 aliphatic heterocycles. The van der Waals surface area contributed by atoms with Gasteiger partial charge in [0.15, 0.2) is 6.29 Å². The lowest BCUT2D eigenvalue weighted by Crippen LogP contribution is -2.32. The van der Waals surface area contributed by atoms with Gasteiger partial charge in [0.2, 0.25) is 0 Å². The van der Waals surface area contributed by atoms with Crippen molar-refractivity contribution >= 4 is 23.0 Å². The molecule has 3 heteroatoms. The summed E-state index contributed by atoms with van der Waals surface area (Å²) in [7, 11) is 0. The normalized spacial score (nSPS) is 15.0. The number of aryl methyl sites for hydroxylation is 1. The van der Waals surface area contributed by atoms with Crippen LogP contribution in [0.25, 0.3) is 10.9 Å². The summed E-state index contributed by atoms with van der Waals surface area (Å²) in [5.41, 5.74) is 2.03. The number of aromatic nitrogens is 1. The maximum absolute atomic E-state index is 11.4. The van der Waals surface area contributed by atoms with Gasteiger partial charge in [-0.15, -0.1) is 0 Å². The van der Waals surface area contributed by atoms with Gasteiger partial charge >= 0.3 is 0 Å². The largest absolute Gasteiger partial charge is 0.358 e. The summed E-state index contributed by atoms with van der Waals surface area (Å²) in [6, 6.07) is 8.18. The fourth-order valence-corrected chi connectivity index (χ4v) is 2.83. The summed E-state index contributed by atoms with van der Waals surface area (Å²) < 4.78 is 2.28. The fraction of sp³-hybridized carbons (Fsp3) is 0.357. The van der Waals surface area contributed by atoms with Gasteiger partial charge in [0.1, 0.15) is 5.82 Å². The van der Waals surface area contributed by atoms with Crippen LogP contribution >= 0.6 is 0 Å². The standard InChI is InChI=1S/C14H16N2O/c1-2-15-8-5-9-16-13-7-4-3-6-11(13)12(10-17)14(15)16/h3-4,6-7,10H,2,5,8-9H2,1H3. The third kappa shape index (κ3) is 1.38. The highest BCUT2D eigenvalue weighted by Crippen LogP contribution is 2.34. The Kier molecular flexibility index (Phi) is 2.39. The molecule has 0 unspecified atom stereocenters. The Labute approximate surface area is 101 Å². The maximum Gasteiger partial charge on any atom is 0.154 e. The third-order valence-electron chi connectivity index (χ3n) is 3.59. The van der Waals surface area contributed by atoms with Gasteiger partial charge in [-0.2, -0.15) is 0 Å². The minimum atomic E-state index is 0.849. The van der Waals surface area contributed by atoms with Crippen LogP contribution in [0.15, 0.2) is 24.3 Å². The van der Waals surface area contributed by atoms with Crippen molar-refractivity contribution in [2.75, 3.05) is 18.0 Å². The molecular formula is C14H16N2O. The quantitative estimate of drug-likeness (QED) is 0.738. The van der Waals surface area contributed by atoms with Gasteiger partial charge in [0.25, 0.3) is 0 Å². The van der Waals surface area contributed by atoms with Gasteiger partial charge in [-0.25, -0.2) is 0 Å². The molecule has 1 aromatic carbocycles. The van der Waals surface area contributed by atoms with Crippen molar-refractivity contribution in [3.63, 3.8) is 0 Å². The molecule has 3 rings (SSSR count). The van der Waals surface area contributed by atoms with Crippen molar-refractivity contribution in [1.82, 2.24) is 4.57 Å². The topological polar surface area (TPSA) is 25.2 Å². The van der Waals surface area contributed by atoms with E-state index in [1.807, 2.05) is 18.2 Å². The summed E-state index contributed by atoms with van der Waals surface area (Å²) in [6.45, 7) is 5.16. The number of fused-ring (bicyclic) bond motifs is 3. The second-order valence-electron chi connectivity index (χ2n) is 4.46. The van der Waals surface area contributed by atoms with Crippen molar-refractivity contribution in [1.29, 1.82) is 0 Å². The first-order valence-corrected chi connectivity index (χ1v) is 6.18. The molecule has 0 N–H and O–H groups in total. The molecule has 2 aromatic rings. The van der Waals surface area contributed by atoms with Crippen LogP contribution in [0.5, 0.6) is 0 Å². The van der Waals surface area contributed by atoms with Gasteiger partial charge in [0.05, 0.1) is 11.1 Å². The lowest BCUT2D eigenvalue weighted by Gasteiger charge is -2.30. The number of benzene rings is 1. The van der Waals surface area contributed by atoms with Crippen LogP contribution in [0.4, 0.5) is 5.82 Å². The molecule has 0 fully saturated rings. The Morgan fingerprint density at radius 3 is 2.88 bits per heavy atom. The van der Waals surface area contributed by atoms with Crippen LogP contribution in [0, 0.1) is 0 Å². The molecular weight excluding hydrogens is 212 g/mol. The molecule has 0 saturated heterocycles. The highest BCUT2D eigenvalue weighted by Gasteiger charge is 2.23. The monoisotopic (exact) mass is 228 g/mol. The first-order chi connectivity index (χ1) is 8.36. The third-order valence-corrected chi connectivity index (χ3v) is 3.59. The summed E-state index contributed by atoms with van der Waals surface area (Å²) in [4.78, 5) is 13.7. The highest BCUT2D eigenvalue weighted by atomic mass is 16.1. The average Bonchev–Trinajstić information content (AvgIpc) is 2.72. The number of para-hydroxylation sites is 1. The predicted molar refractivity (Wildman–Crippen MR) is 69.8 cm³/mol. The molecule has 2 heterocycles. The molecule has 17 heavy (non-hydrogen) atoms. The lowest BCUT2D eigenvalue weighted by molar-refractivity contribution is 0.112. The van der Waals surface area contributed by atoms with Crippen LogP contribution in [-0.2, 0) is 6.54 Å². The zero-order valence-electron chi connectivity index (χ0n) is 10.0. The molecule has 3 nitrogen and oxygen atoms in total. The Morgan fingerprint density at radius 2 is 2.12 bits per heavy atom. The highest BCUT2D eigenvalue weighted by molar-refractivity contribution is 6.04. The molecule has 0 radical (unpaired) electrons. The SMILES string of the molecule is CCN1CCCn2c1c(C=O)c1ccccc12. The first-order valence-electron chi connectivity index (χ1n) is 6.18. The van der Waals surface area contributed by atoms with E-state index in [2.05, 4.69) is 22.5 Å². The Morgan fingerprint density at radius 1 is 1.29 bits per heavy atom. The van der Waals surface area contributed by atoms with E-state index in [1.165, 1.54) is 5.52 Å². The smallest absolute Gasteiger partial charge is 0.154 e. The predicted octanol–water partition coefficient (Wildman–Crippen LogP) is 2.68. The van der Waals surface area contributed by atoms with E-state index in [0.29, 0.717) is 0 Å². The fourth-order valence-electron chi connectivity index (χ4n) is 2.83. The van der Waals surface area contributed by atoms with Crippen LogP contribution < -0.4 is 4.90 Å². The van der Waals surface area contributed by atoms with E-state index in [0.717, 1.165) is 49.1 Å². The molecule has 0 spiro atoms. The van der Waals surface area contributed by atoms with Crippen LogP contribution in [-0.4, -0.2) is 23.9 Å². The van der Waals surface area contributed by atoms with Crippen molar-refractivity contribution in [2.24, 2.45) is 0 Å². The van der Waals surface area contributed by atoms with E-state index in [9.17, 15) is 4.79 Å². The number of carbonyl (C=O) groups excluding carboxylic acids is 1. The molecule has 88 valence electrons. The second-order valence-corrected chi connectivity index (χ2v) is 4.46. The molecule has 0 atom stereocenters. The number of nitrogens with zero attached hydrogens (tertiary/aromatic N) is 2. The van der Waals surface area contributed by atoms with Crippen LogP contribution in [0.2, 0.25) is 0 Å². The maximum atomic E-state index is 11.4. The number of rotatable bonds is 2. The van der Waals surface area contributed by atoms with E-state index < -0.39 is 0 Å². The number of hydrogen-bond donors (Lipinski definition) is 0. The van der Waals surface area contributed by atoms with E-state index in [1.54, 1.807) is 0 Å². The van der Waals surface area contributed by atoms with Crippen LogP contribution in [0.1, 0.15) is 23.7 Å². The number of carbonyl (C=O) groups is 1. The molecule has 1 aromatic heterocycles. The molecule has 0 amide bonds. The van der Waals surface area contributed by atoms with E-state index >= 15 is 0 Å². The molecule has 0 bridgehead atoms. The Hall–Kier alpha value is -1.77. The Bertz CT molecular complexity index is 571. The molecule has 0 aliphatic carbocycles. The summed E-state index contributed by atoms with van der Waals surface area (Å²) in [5, 5.41) is 1.08. The summed E-state index contributed by atoms with van der Waals surface area (Å²) >= 11 is 0. The van der Waals surface area contributed by atoms with Crippen molar-refractivity contribution in [3.8, 4) is 0 Å². The number of anilines is 1. The number of aldehydes is 1. The zero-order valence-corrected chi connectivity index (χ0v) is 10.0. The van der Waals surface area contributed by atoms with Gasteiger partial charge in [-0.05, 0) is 19.4 Å². The van der Waals surface area contributed by atoms with Crippen molar-refractivity contribution in [2.45, 2.75) is 19.9 Å². The lowest BCUT2D eigenvalue weighted by atomic mass is 10.2. The average molecular weight is 228 g/mol. The number of hydrogen-bond acceptors (Lipinski definition) is 2.